The van der Waals surface area contributed by atoms with Gasteiger partial charge in [-0.3, -0.25) is 0 Å². The molecule has 0 spiro atoms. The highest BCUT2D eigenvalue weighted by atomic mass is 79.9. The summed E-state index contributed by atoms with van der Waals surface area (Å²) in [6.45, 7) is 4.65. The molecule has 0 amide bonds. The molecule has 0 aliphatic heterocycles. The quantitative estimate of drug-likeness (QED) is 0.749. The van der Waals surface area contributed by atoms with Crippen molar-refractivity contribution in [1.29, 1.82) is 0 Å². The first-order chi connectivity index (χ1) is 8.24. The molecule has 0 saturated heterocycles. The summed E-state index contributed by atoms with van der Waals surface area (Å²) in [5, 5.41) is 3.34. The van der Waals surface area contributed by atoms with Crippen LogP contribution in [0.25, 0.3) is 0 Å². The number of ether oxygens (including phenoxy) is 2. The smallest absolute Gasteiger partial charge is 0.133 e. The number of hydrogen-bond acceptors (Lipinski definition) is 3. The summed E-state index contributed by atoms with van der Waals surface area (Å²) in [6.07, 6.45) is 1.18. The highest BCUT2D eigenvalue weighted by Crippen LogP contribution is 2.24. The number of benzene rings is 1. The standard InChI is InChI=1S/C13H20BrNO2/c1-11(10-15-8-5-9-16-2)17-13-7-4-3-6-12(13)14/h3-4,6-7,11,15H,5,8-10H2,1-2H3. The van der Waals surface area contributed by atoms with Crippen molar-refractivity contribution in [1.82, 2.24) is 5.32 Å². The van der Waals surface area contributed by atoms with Gasteiger partial charge in [0.25, 0.3) is 0 Å². The Hall–Kier alpha value is -0.580. The Morgan fingerprint density at radius 2 is 2.12 bits per heavy atom. The van der Waals surface area contributed by atoms with Crippen LogP contribution >= 0.6 is 15.9 Å². The molecular weight excluding hydrogens is 282 g/mol. The van der Waals surface area contributed by atoms with Crippen molar-refractivity contribution in [2.75, 3.05) is 26.8 Å². The molecule has 4 heteroatoms. The van der Waals surface area contributed by atoms with Gasteiger partial charge in [0.05, 0.1) is 4.47 Å². The Bertz CT molecular complexity index is 320. The van der Waals surface area contributed by atoms with Gasteiger partial charge in [0, 0.05) is 20.3 Å². The maximum atomic E-state index is 5.81. The Balaban J connectivity index is 2.21. The van der Waals surface area contributed by atoms with Gasteiger partial charge in [0.2, 0.25) is 0 Å². The van der Waals surface area contributed by atoms with E-state index >= 15 is 0 Å². The number of hydrogen-bond donors (Lipinski definition) is 1. The Morgan fingerprint density at radius 3 is 2.82 bits per heavy atom. The van der Waals surface area contributed by atoms with Crippen LogP contribution in [0, 0.1) is 0 Å². The Morgan fingerprint density at radius 1 is 1.35 bits per heavy atom. The highest BCUT2D eigenvalue weighted by Gasteiger charge is 2.05. The number of rotatable bonds is 8. The molecule has 1 aromatic rings. The molecule has 1 atom stereocenters. The van der Waals surface area contributed by atoms with E-state index in [1.54, 1.807) is 7.11 Å². The maximum absolute atomic E-state index is 5.81. The van der Waals surface area contributed by atoms with Gasteiger partial charge in [0.1, 0.15) is 11.9 Å². The van der Waals surface area contributed by atoms with Crippen molar-refractivity contribution >= 4 is 15.9 Å². The first-order valence-corrected chi connectivity index (χ1v) is 6.64. The van der Waals surface area contributed by atoms with Gasteiger partial charge in [-0.1, -0.05) is 12.1 Å². The first kappa shape index (κ1) is 14.5. The predicted molar refractivity (Wildman–Crippen MR) is 73.6 cm³/mol. The van der Waals surface area contributed by atoms with Crippen LogP contribution in [0.2, 0.25) is 0 Å². The van der Waals surface area contributed by atoms with Crippen molar-refractivity contribution in [2.24, 2.45) is 0 Å². The zero-order valence-corrected chi connectivity index (χ0v) is 12.0. The molecule has 1 N–H and O–H groups in total. The van der Waals surface area contributed by atoms with Gasteiger partial charge < -0.3 is 14.8 Å². The van der Waals surface area contributed by atoms with E-state index in [9.17, 15) is 0 Å². The van der Waals surface area contributed by atoms with E-state index in [-0.39, 0.29) is 6.10 Å². The van der Waals surface area contributed by atoms with E-state index in [0.717, 1.165) is 36.3 Å². The molecule has 1 aromatic carbocycles. The molecule has 0 aromatic heterocycles. The second-order valence-corrected chi connectivity index (χ2v) is 4.76. The third-order valence-electron chi connectivity index (χ3n) is 2.30. The van der Waals surface area contributed by atoms with E-state index in [2.05, 4.69) is 28.2 Å². The van der Waals surface area contributed by atoms with Gasteiger partial charge in [-0.25, -0.2) is 0 Å². The molecule has 17 heavy (non-hydrogen) atoms. The molecule has 0 aliphatic rings. The van der Waals surface area contributed by atoms with Crippen LogP contribution in [0.1, 0.15) is 13.3 Å². The molecule has 1 unspecified atom stereocenters. The van der Waals surface area contributed by atoms with Crippen molar-refractivity contribution < 1.29 is 9.47 Å². The predicted octanol–water partition coefficient (Wildman–Crippen LogP) is 2.84. The largest absolute Gasteiger partial charge is 0.488 e. The lowest BCUT2D eigenvalue weighted by Crippen LogP contribution is -2.30. The van der Waals surface area contributed by atoms with Crippen molar-refractivity contribution in [3.8, 4) is 5.75 Å². The first-order valence-electron chi connectivity index (χ1n) is 5.85. The number of methoxy groups -OCH3 is 1. The summed E-state index contributed by atoms with van der Waals surface area (Å²) < 4.78 is 11.8. The van der Waals surface area contributed by atoms with Crippen LogP contribution in [-0.4, -0.2) is 32.9 Å². The highest BCUT2D eigenvalue weighted by molar-refractivity contribution is 9.10. The van der Waals surface area contributed by atoms with E-state index in [1.807, 2.05) is 24.3 Å². The zero-order valence-electron chi connectivity index (χ0n) is 10.4. The third kappa shape index (κ3) is 6.05. The minimum atomic E-state index is 0.149. The number of nitrogens with one attached hydrogen (secondary N) is 1. The van der Waals surface area contributed by atoms with Crippen LogP contribution in [-0.2, 0) is 4.74 Å². The lowest BCUT2D eigenvalue weighted by molar-refractivity contribution is 0.188. The zero-order chi connectivity index (χ0) is 12.5. The molecule has 96 valence electrons. The molecule has 3 nitrogen and oxygen atoms in total. The molecule has 0 radical (unpaired) electrons. The van der Waals surface area contributed by atoms with Crippen LogP contribution in [0.15, 0.2) is 28.7 Å². The van der Waals surface area contributed by atoms with Gasteiger partial charge in [-0.15, -0.1) is 0 Å². The minimum Gasteiger partial charge on any atom is -0.488 e. The molecular formula is C13H20BrNO2. The van der Waals surface area contributed by atoms with E-state index < -0.39 is 0 Å². The van der Waals surface area contributed by atoms with Crippen LogP contribution in [0.4, 0.5) is 0 Å². The SMILES string of the molecule is COCCCNCC(C)Oc1ccccc1Br. The lowest BCUT2D eigenvalue weighted by atomic mass is 10.3. The fourth-order valence-electron chi connectivity index (χ4n) is 1.45. The Labute approximate surface area is 112 Å². The second-order valence-electron chi connectivity index (χ2n) is 3.91. The number of halogens is 1. The van der Waals surface area contributed by atoms with Crippen LogP contribution in [0.5, 0.6) is 5.75 Å². The summed E-state index contributed by atoms with van der Waals surface area (Å²) in [5.74, 6) is 0.888. The summed E-state index contributed by atoms with van der Waals surface area (Å²) in [5.41, 5.74) is 0. The molecule has 0 heterocycles. The average Bonchev–Trinajstić information content (AvgIpc) is 2.32. The topological polar surface area (TPSA) is 30.5 Å². The monoisotopic (exact) mass is 301 g/mol. The fourth-order valence-corrected chi connectivity index (χ4v) is 1.82. The van der Waals surface area contributed by atoms with Gasteiger partial charge in [-0.2, -0.15) is 0 Å². The van der Waals surface area contributed by atoms with Crippen LogP contribution < -0.4 is 10.1 Å². The number of para-hydroxylation sites is 1. The summed E-state index contributed by atoms with van der Waals surface area (Å²) in [7, 11) is 1.72. The van der Waals surface area contributed by atoms with Crippen molar-refractivity contribution in [2.45, 2.75) is 19.4 Å². The van der Waals surface area contributed by atoms with Gasteiger partial charge >= 0.3 is 0 Å². The van der Waals surface area contributed by atoms with E-state index in [0.29, 0.717) is 0 Å². The third-order valence-corrected chi connectivity index (χ3v) is 2.95. The summed E-state index contributed by atoms with van der Waals surface area (Å²) in [6, 6.07) is 7.89. The average molecular weight is 302 g/mol. The van der Waals surface area contributed by atoms with Crippen molar-refractivity contribution in [3.05, 3.63) is 28.7 Å². The van der Waals surface area contributed by atoms with Gasteiger partial charge in [-0.05, 0) is 48.0 Å². The fraction of sp³-hybridized carbons (Fsp3) is 0.538. The molecule has 0 bridgehead atoms. The Kier molecular flexibility index (Phi) is 7.24. The molecule has 0 saturated carbocycles. The summed E-state index contributed by atoms with van der Waals surface area (Å²) in [4.78, 5) is 0. The normalized spacial score (nSPS) is 12.4. The van der Waals surface area contributed by atoms with E-state index in [4.69, 9.17) is 9.47 Å². The van der Waals surface area contributed by atoms with E-state index in [1.165, 1.54) is 0 Å². The lowest BCUT2D eigenvalue weighted by Gasteiger charge is -2.16. The van der Waals surface area contributed by atoms with Gasteiger partial charge in [0.15, 0.2) is 0 Å². The molecule has 1 rings (SSSR count). The molecule has 0 aliphatic carbocycles. The second kappa shape index (κ2) is 8.50. The van der Waals surface area contributed by atoms with Crippen molar-refractivity contribution in [3.63, 3.8) is 0 Å². The molecule has 0 fully saturated rings. The maximum Gasteiger partial charge on any atom is 0.133 e. The minimum absolute atomic E-state index is 0.149. The van der Waals surface area contributed by atoms with Crippen LogP contribution in [0.3, 0.4) is 0 Å². The summed E-state index contributed by atoms with van der Waals surface area (Å²) >= 11 is 3.47.